The van der Waals surface area contributed by atoms with Crippen LogP contribution in [-0.2, 0) is 12.3 Å². The molecule has 1 heterocycles. The van der Waals surface area contributed by atoms with E-state index in [1.807, 2.05) is 18.2 Å². The van der Waals surface area contributed by atoms with Gasteiger partial charge in [-0.1, -0.05) is 49.6 Å². The van der Waals surface area contributed by atoms with Crippen molar-refractivity contribution in [1.29, 1.82) is 0 Å². The summed E-state index contributed by atoms with van der Waals surface area (Å²) in [4.78, 5) is 15.1. The summed E-state index contributed by atoms with van der Waals surface area (Å²) in [5, 5.41) is 21.9. The Hall–Kier alpha value is -3.36. The van der Waals surface area contributed by atoms with Gasteiger partial charge in [-0.25, -0.2) is 0 Å². The predicted octanol–water partition coefficient (Wildman–Crippen LogP) is 7.89. The average Bonchev–Trinajstić information content (AvgIpc) is 3.48. The SMILES string of the molecule is O=c1ccc2c(C(O)CCCCc3ccc(OCC(F)(F)c4cccc(SC5CCCC5)c4)cc3)ccc(O)c2[nH]1. The fourth-order valence-electron chi connectivity index (χ4n) is 5.38. The molecule has 0 radical (unpaired) electrons. The zero-order chi connectivity index (χ0) is 28.8. The summed E-state index contributed by atoms with van der Waals surface area (Å²) >= 11 is 1.70. The number of phenolic OH excluding ortho intramolecular Hbond substituents is 1. The Labute approximate surface area is 242 Å². The van der Waals surface area contributed by atoms with Gasteiger partial charge in [-0.3, -0.25) is 4.79 Å². The first kappa shape index (κ1) is 29.1. The maximum atomic E-state index is 14.9. The lowest BCUT2D eigenvalue weighted by molar-refractivity contribution is -0.0468. The zero-order valence-corrected chi connectivity index (χ0v) is 23.6. The summed E-state index contributed by atoms with van der Waals surface area (Å²) in [5.74, 6) is -2.73. The number of aromatic hydroxyl groups is 1. The van der Waals surface area contributed by atoms with Gasteiger partial charge in [0, 0.05) is 27.2 Å². The second-order valence-corrected chi connectivity index (χ2v) is 12.1. The summed E-state index contributed by atoms with van der Waals surface area (Å²) in [6, 6.07) is 20.0. The number of alkyl halides is 2. The van der Waals surface area contributed by atoms with Crippen LogP contribution in [0.3, 0.4) is 0 Å². The largest absolute Gasteiger partial charge is 0.506 e. The number of ether oxygens (including phenoxy) is 1. The smallest absolute Gasteiger partial charge is 0.306 e. The number of unbranched alkanes of at least 4 members (excludes halogenated alkanes) is 1. The number of aromatic amines is 1. The second kappa shape index (κ2) is 13.1. The van der Waals surface area contributed by atoms with E-state index in [-0.39, 0.29) is 16.9 Å². The highest BCUT2D eigenvalue weighted by Gasteiger charge is 2.33. The van der Waals surface area contributed by atoms with Crippen LogP contribution in [0.1, 0.15) is 67.7 Å². The molecular weight excluding hydrogens is 544 g/mol. The lowest BCUT2D eigenvalue weighted by Gasteiger charge is -2.19. The van der Waals surface area contributed by atoms with E-state index >= 15 is 0 Å². The lowest BCUT2D eigenvalue weighted by Crippen LogP contribution is -2.23. The molecule has 1 fully saturated rings. The number of aliphatic hydroxyl groups is 1. The number of phenols is 1. The van der Waals surface area contributed by atoms with Crippen molar-refractivity contribution in [2.24, 2.45) is 0 Å². The fraction of sp³-hybridized carbons (Fsp3) is 0.364. The Kier molecular flexibility index (Phi) is 9.30. The van der Waals surface area contributed by atoms with Gasteiger partial charge in [0.1, 0.15) is 11.5 Å². The monoisotopic (exact) mass is 579 g/mol. The molecule has 0 saturated heterocycles. The zero-order valence-electron chi connectivity index (χ0n) is 22.8. The summed E-state index contributed by atoms with van der Waals surface area (Å²) < 4.78 is 35.4. The van der Waals surface area contributed by atoms with Gasteiger partial charge in [-0.05, 0) is 79.6 Å². The molecule has 0 aliphatic heterocycles. The van der Waals surface area contributed by atoms with E-state index < -0.39 is 18.6 Å². The Morgan fingerprint density at radius 1 is 1.00 bits per heavy atom. The van der Waals surface area contributed by atoms with E-state index in [0.29, 0.717) is 33.9 Å². The van der Waals surface area contributed by atoms with Crippen molar-refractivity contribution in [1.82, 2.24) is 4.98 Å². The van der Waals surface area contributed by atoms with Crippen LogP contribution in [0.4, 0.5) is 8.78 Å². The van der Waals surface area contributed by atoms with E-state index in [0.717, 1.165) is 42.6 Å². The van der Waals surface area contributed by atoms with Crippen molar-refractivity contribution in [3.8, 4) is 11.5 Å². The first-order valence-corrected chi connectivity index (χ1v) is 15.1. The molecule has 1 atom stereocenters. The number of pyridine rings is 1. The van der Waals surface area contributed by atoms with Crippen LogP contribution in [-0.4, -0.2) is 27.1 Å². The molecule has 3 aromatic carbocycles. The molecule has 5 rings (SSSR count). The first-order chi connectivity index (χ1) is 19.8. The van der Waals surface area contributed by atoms with Crippen LogP contribution in [0, 0.1) is 0 Å². The third kappa shape index (κ3) is 7.49. The molecule has 1 unspecified atom stereocenters. The van der Waals surface area contributed by atoms with Gasteiger partial charge in [0.25, 0.3) is 0 Å². The van der Waals surface area contributed by atoms with Crippen molar-refractivity contribution in [3.05, 3.63) is 99.8 Å². The molecule has 1 aliphatic rings. The van der Waals surface area contributed by atoms with Gasteiger partial charge in [-0.15, -0.1) is 11.8 Å². The van der Waals surface area contributed by atoms with E-state index in [1.54, 1.807) is 48.2 Å². The molecule has 1 aliphatic carbocycles. The maximum Gasteiger partial charge on any atom is 0.306 e. The van der Waals surface area contributed by atoms with Crippen molar-refractivity contribution in [3.63, 3.8) is 0 Å². The highest BCUT2D eigenvalue weighted by Crippen LogP contribution is 2.37. The molecule has 216 valence electrons. The predicted molar refractivity (Wildman–Crippen MR) is 159 cm³/mol. The standard InChI is InChI=1S/C33H35F2NO4S/c34-33(35,23-7-5-10-26(20-23)41-25-8-2-3-9-25)21-40-24-14-12-22(13-15-24)6-1-4-11-29(37)27-16-18-30(38)32-28(27)17-19-31(39)36-32/h5,7,10,12-20,25,29,37-38H,1-4,6,8-9,11,21H2,(H,36,39). The third-order valence-electron chi connectivity index (χ3n) is 7.66. The summed E-state index contributed by atoms with van der Waals surface area (Å²) in [6.45, 7) is -0.721. The topological polar surface area (TPSA) is 82.6 Å². The van der Waals surface area contributed by atoms with E-state index in [1.165, 1.54) is 31.0 Å². The van der Waals surface area contributed by atoms with E-state index in [4.69, 9.17) is 4.74 Å². The van der Waals surface area contributed by atoms with Crippen LogP contribution in [0.25, 0.3) is 10.9 Å². The third-order valence-corrected chi connectivity index (χ3v) is 8.99. The van der Waals surface area contributed by atoms with Crippen LogP contribution in [0.2, 0.25) is 0 Å². The average molecular weight is 580 g/mol. The van der Waals surface area contributed by atoms with E-state index in [9.17, 15) is 23.8 Å². The number of fused-ring (bicyclic) bond motifs is 1. The van der Waals surface area contributed by atoms with Gasteiger partial charge in [0.05, 0.1) is 11.6 Å². The number of hydrogen-bond donors (Lipinski definition) is 3. The molecule has 3 N–H and O–H groups in total. The summed E-state index contributed by atoms with van der Waals surface area (Å²) in [5.41, 5.74) is 1.70. The Morgan fingerprint density at radius 3 is 2.56 bits per heavy atom. The lowest BCUT2D eigenvalue weighted by atomic mass is 9.97. The van der Waals surface area contributed by atoms with Gasteiger partial charge in [0.15, 0.2) is 6.61 Å². The number of nitrogens with one attached hydrogen (secondary N) is 1. The molecule has 0 spiro atoms. The van der Waals surface area contributed by atoms with Gasteiger partial charge in [-0.2, -0.15) is 8.78 Å². The van der Waals surface area contributed by atoms with Crippen LogP contribution >= 0.6 is 11.8 Å². The summed E-state index contributed by atoms with van der Waals surface area (Å²) in [6.07, 6.45) is 6.88. The molecule has 0 amide bonds. The van der Waals surface area contributed by atoms with Gasteiger partial charge < -0.3 is 19.9 Å². The molecule has 1 saturated carbocycles. The number of aryl methyl sites for hydroxylation is 1. The van der Waals surface area contributed by atoms with E-state index in [2.05, 4.69) is 4.98 Å². The number of aliphatic hydroxyl groups excluding tert-OH is 1. The first-order valence-electron chi connectivity index (χ1n) is 14.2. The Bertz CT molecular complexity index is 1520. The number of aromatic nitrogens is 1. The van der Waals surface area contributed by atoms with Crippen molar-refractivity contribution in [2.45, 2.75) is 73.5 Å². The number of halogens is 2. The highest BCUT2D eigenvalue weighted by molar-refractivity contribution is 8.00. The normalized spacial score (nSPS) is 14.9. The molecule has 0 bridgehead atoms. The van der Waals surface area contributed by atoms with Gasteiger partial charge in [0.2, 0.25) is 5.56 Å². The van der Waals surface area contributed by atoms with Crippen LogP contribution in [0.15, 0.2) is 82.5 Å². The quantitative estimate of drug-likeness (QED) is 0.149. The number of rotatable bonds is 12. The van der Waals surface area contributed by atoms with Gasteiger partial charge >= 0.3 is 5.92 Å². The Balaban J connectivity index is 1.09. The fourth-order valence-corrected chi connectivity index (χ4v) is 6.68. The minimum Gasteiger partial charge on any atom is -0.506 e. The number of H-pyrrole nitrogens is 1. The van der Waals surface area contributed by atoms with Crippen molar-refractivity contribution in [2.75, 3.05) is 6.61 Å². The highest BCUT2D eigenvalue weighted by atomic mass is 32.2. The molecule has 5 nitrogen and oxygen atoms in total. The Morgan fingerprint density at radius 2 is 1.78 bits per heavy atom. The molecule has 1 aromatic heterocycles. The minimum absolute atomic E-state index is 0.0205. The summed E-state index contributed by atoms with van der Waals surface area (Å²) in [7, 11) is 0. The van der Waals surface area contributed by atoms with Crippen molar-refractivity contribution >= 4 is 22.7 Å². The van der Waals surface area contributed by atoms with Crippen LogP contribution < -0.4 is 10.3 Å². The minimum atomic E-state index is -3.09. The number of thioether (sulfide) groups is 1. The maximum absolute atomic E-state index is 14.9. The number of hydrogen-bond acceptors (Lipinski definition) is 5. The molecular formula is C33H35F2NO4S. The molecule has 8 heteroatoms. The molecule has 4 aromatic rings. The van der Waals surface area contributed by atoms with Crippen LogP contribution in [0.5, 0.6) is 11.5 Å². The molecule has 41 heavy (non-hydrogen) atoms. The van der Waals surface area contributed by atoms with Crippen molar-refractivity contribution < 1.29 is 23.7 Å². The second-order valence-electron chi connectivity index (χ2n) is 10.7. The number of benzene rings is 3.